The van der Waals surface area contributed by atoms with Crippen LogP contribution >= 0.6 is 0 Å². The van der Waals surface area contributed by atoms with Gasteiger partial charge in [-0.3, -0.25) is 10.3 Å². The Morgan fingerprint density at radius 2 is 2.25 bits per heavy atom. The fraction of sp³-hybridized carbons (Fsp3) is 0.875. The van der Waals surface area contributed by atoms with Crippen LogP contribution in [0.15, 0.2) is 0 Å². The zero-order valence-electron chi connectivity index (χ0n) is 7.55. The van der Waals surface area contributed by atoms with Gasteiger partial charge in [0, 0.05) is 19.7 Å². The van der Waals surface area contributed by atoms with Crippen LogP contribution in [-0.2, 0) is 4.74 Å². The average molecular weight is 171 g/mol. The third-order valence-corrected chi connectivity index (χ3v) is 2.25. The van der Waals surface area contributed by atoms with E-state index in [9.17, 15) is 0 Å². The van der Waals surface area contributed by atoms with E-state index in [4.69, 9.17) is 15.9 Å². The van der Waals surface area contributed by atoms with Crippen LogP contribution < -0.4 is 5.73 Å². The van der Waals surface area contributed by atoms with Crippen molar-refractivity contribution in [3.63, 3.8) is 0 Å². The van der Waals surface area contributed by atoms with Crippen molar-refractivity contribution >= 4 is 5.84 Å². The Balaban J connectivity index is 2.42. The van der Waals surface area contributed by atoms with Crippen molar-refractivity contribution in [2.24, 2.45) is 5.73 Å². The molecule has 70 valence electrons. The molecule has 1 rings (SSSR count). The molecule has 4 heteroatoms. The molecule has 0 aliphatic carbocycles. The van der Waals surface area contributed by atoms with E-state index in [0.29, 0.717) is 0 Å². The van der Waals surface area contributed by atoms with Crippen LogP contribution in [0, 0.1) is 5.41 Å². The van der Waals surface area contributed by atoms with Crippen molar-refractivity contribution in [2.45, 2.75) is 19.4 Å². The van der Waals surface area contributed by atoms with Gasteiger partial charge in [-0.15, -0.1) is 0 Å². The lowest BCUT2D eigenvalue weighted by atomic mass is 10.2. The van der Waals surface area contributed by atoms with E-state index in [1.54, 1.807) is 0 Å². The minimum atomic E-state index is 0.0618. The zero-order chi connectivity index (χ0) is 8.97. The maximum Gasteiger partial charge on any atom is 0.108 e. The molecule has 0 bridgehead atoms. The summed E-state index contributed by atoms with van der Waals surface area (Å²) in [6.45, 7) is 5.44. The largest absolute Gasteiger partial charge is 0.386 e. The van der Waals surface area contributed by atoms with E-state index in [1.165, 1.54) is 0 Å². The van der Waals surface area contributed by atoms with Crippen LogP contribution in [-0.4, -0.2) is 43.1 Å². The minimum Gasteiger partial charge on any atom is -0.386 e. The van der Waals surface area contributed by atoms with Gasteiger partial charge in [-0.2, -0.15) is 0 Å². The third kappa shape index (κ3) is 2.46. The predicted octanol–water partition coefficient (Wildman–Crippen LogP) is 0.0332. The molecule has 12 heavy (non-hydrogen) atoms. The second-order valence-electron chi connectivity index (χ2n) is 3.13. The molecule has 0 aromatic heterocycles. The first-order valence-electron chi connectivity index (χ1n) is 4.37. The predicted molar refractivity (Wildman–Crippen MR) is 48.4 cm³/mol. The van der Waals surface area contributed by atoms with E-state index in [1.807, 2.05) is 6.92 Å². The first-order chi connectivity index (χ1) is 5.72. The highest BCUT2D eigenvalue weighted by molar-refractivity contribution is 5.82. The van der Waals surface area contributed by atoms with E-state index < -0.39 is 0 Å². The number of rotatable bonds is 2. The standard InChI is InChI=1S/C8H17N3O/c1-7(8(9)10)11-3-2-5-12-6-4-11/h7H,2-6H2,1H3,(H3,9,10). The number of nitrogens with one attached hydrogen (secondary N) is 1. The van der Waals surface area contributed by atoms with Gasteiger partial charge in [0.25, 0.3) is 0 Å². The molecular weight excluding hydrogens is 154 g/mol. The van der Waals surface area contributed by atoms with Gasteiger partial charge in [-0.1, -0.05) is 0 Å². The molecule has 1 atom stereocenters. The van der Waals surface area contributed by atoms with Crippen molar-refractivity contribution < 1.29 is 4.74 Å². The molecule has 0 amide bonds. The van der Waals surface area contributed by atoms with E-state index >= 15 is 0 Å². The second-order valence-corrected chi connectivity index (χ2v) is 3.13. The summed E-state index contributed by atoms with van der Waals surface area (Å²) in [7, 11) is 0. The Kier molecular flexibility index (Phi) is 3.49. The lowest BCUT2D eigenvalue weighted by molar-refractivity contribution is 0.139. The molecule has 0 radical (unpaired) electrons. The summed E-state index contributed by atoms with van der Waals surface area (Å²) >= 11 is 0. The van der Waals surface area contributed by atoms with Gasteiger partial charge >= 0.3 is 0 Å². The Morgan fingerprint density at radius 1 is 1.50 bits per heavy atom. The summed E-state index contributed by atoms with van der Waals surface area (Å²) in [5, 5.41) is 7.30. The molecule has 1 saturated heterocycles. The van der Waals surface area contributed by atoms with Crippen LogP contribution in [0.2, 0.25) is 0 Å². The first-order valence-corrected chi connectivity index (χ1v) is 4.37. The molecule has 0 aromatic carbocycles. The van der Waals surface area contributed by atoms with Gasteiger partial charge in [0.15, 0.2) is 0 Å². The van der Waals surface area contributed by atoms with Gasteiger partial charge in [-0.25, -0.2) is 0 Å². The Hall–Kier alpha value is -0.610. The van der Waals surface area contributed by atoms with Crippen molar-refractivity contribution in [3.05, 3.63) is 0 Å². The quantitative estimate of drug-likeness (QED) is 0.455. The van der Waals surface area contributed by atoms with Gasteiger partial charge in [0.1, 0.15) is 5.84 Å². The molecule has 0 saturated carbocycles. The van der Waals surface area contributed by atoms with Gasteiger partial charge < -0.3 is 10.5 Å². The minimum absolute atomic E-state index is 0.0618. The lowest BCUT2D eigenvalue weighted by Gasteiger charge is -2.25. The van der Waals surface area contributed by atoms with E-state index in [-0.39, 0.29) is 11.9 Å². The summed E-state index contributed by atoms with van der Waals surface area (Å²) in [6.07, 6.45) is 1.04. The normalized spacial score (nSPS) is 23.1. The number of amidine groups is 1. The van der Waals surface area contributed by atoms with Gasteiger partial charge in [0.05, 0.1) is 12.6 Å². The van der Waals surface area contributed by atoms with Gasteiger partial charge in [0.2, 0.25) is 0 Å². The number of nitrogens with two attached hydrogens (primary N) is 1. The Labute approximate surface area is 73.2 Å². The highest BCUT2D eigenvalue weighted by atomic mass is 16.5. The average Bonchev–Trinajstić information content (AvgIpc) is 2.30. The Bertz CT molecular complexity index is 152. The molecule has 1 aliphatic rings. The smallest absolute Gasteiger partial charge is 0.108 e. The molecule has 1 aliphatic heterocycles. The lowest BCUT2D eigenvalue weighted by Crippen LogP contribution is -2.43. The summed E-state index contributed by atoms with van der Waals surface area (Å²) in [5.41, 5.74) is 5.42. The fourth-order valence-electron chi connectivity index (χ4n) is 1.35. The summed E-state index contributed by atoms with van der Waals surface area (Å²) < 4.78 is 5.30. The molecule has 1 heterocycles. The van der Waals surface area contributed by atoms with Crippen molar-refractivity contribution in [3.8, 4) is 0 Å². The van der Waals surface area contributed by atoms with Crippen molar-refractivity contribution in [1.29, 1.82) is 5.41 Å². The monoisotopic (exact) mass is 171 g/mol. The molecular formula is C8H17N3O. The summed E-state index contributed by atoms with van der Waals surface area (Å²) in [6, 6.07) is 0.0618. The molecule has 1 fully saturated rings. The first kappa shape index (κ1) is 9.48. The highest BCUT2D eigenvalue weighted by Crippen LogP contribution is 2.03. The summed E-state index contributed by atoms with van der Waals surface area (Å²) in [4.78, 5) is 2.19. The number of hydrogen-bond donors (Lipinski definition) is 2. The van der Waals surface area contributed by atoms with Crippen LogP contribution in [0.25, 0.3) is 0 Å². The summed E-state index contributed by atoms with van der Waals surface area (Å²) in [5.74, 6) is 0.247. The van der Waals surface area contributed by atoms with Gasteiger partial charge in [-0.05, 0) is 13.3 Å². The molecule has 0 aromatic rings. The van der Waals surface area contributed by atoms with Crippen LogP contribution in [0.1, 0.15) is 13.3 Å². The van der Waals surface area contributed by atoms with E-state index in [2.05, 4.69) is 4.90 Å². The topological polar surface area (TPSA) is 62.3 Å². The fourth-order valence-corrected chi connectivity index (χ4v) is 1.35. The maximum absolute atomic E-state index is 7.30. The zero-order valence-corrected chi connectivity index (χ0v) is 7.55. The third-order valence-electron chi connectivity index (χ3n) is 2.25. The van der Waals surface area contributed by atoms with Crippen LogP contribution in [0.5, 0.6) is 0 Å². The van der Waals surface area contributed by atoms with E-state index in [0.717, 1.165) is 32.7 Å². The van der Waals surface area contributed by atoms with Crippen molar-refractivity contribution in [1.82, 2.24) is 4.90 Å². The molecule has 0 spiro atoms. The second kappa shape index (κ2) is 4.42. The number of nitrogens with zero attached hydrogens (tertiary/aromatic N) is 1. The SMILES string of the molecule is CC(C(=N)N)N1CCCOCC1. The van der Waals surface area contributed by atoms with Crippen molar-refractivity contribution in [2.75, 3.05) is 26.3 Å². The molecule has 4 nitrogen and oxygen atoms in total. The highest BCUT2D eigenvalue weighted by Gasteiger charge is 2.17. The number of hydrogen-bond acceptors (Lipinski definition) is 3. The number of ether oxygens (including phenoxy) is 1. The Morgan fingerprint density at radius 3 is 2.92 bits per heavy atom. The van der Waals surface area contributed by atoms with Crippen LogP contribution in [0.4, 0.5) is 0 Å². The molecule has 1 unspecified atom stereocenters. The maximum atomic E-state index is 7.30. The van der Waals surface area contributed by atoms with Crippen LogP contribution in [0.3, 0.4) is 0 Å². The molecule has 3 N–H and O–H groups in total.